The zero-order valence-electron chi connectivity index (χ0n) is 10.2. The minimum absolute atomic E-state index is 0.0341. The third-order valence-corrected chi connectivity index (χ3v) is 3.58. The molecule has 3 nitrogen and oxygen atoms in total. The van der Waals surface area contributed by atoms with Crippen molar-refractivity contribution >= 4 is 27.5 Å². The second-order valence-electron chi connectivity index (χ2n) is 4.52. The van der Waals surface area contributed by atoms with Gasteiger partial charge in [-0.3, -0.25) is 4.79 Å². The van der Waals surface area contributed by atoms with Gasteiger partial charge in [0.1, 0.15) is 11.9 Å². The molecule has 1 atom stereocenters. The second kappa shape index (κ2) is 5.69. The molecule has 0 spiro atoms. The van der Waals surface area contributed by atoms with E-state index in [1.54, 1.807) is 19.1 Å². The van der Waals surface area contributed by atoms with Gasteiger partial charge in [-0.1, -0.05) is 15.9 Å². The number of hydrogen-bond donors (Lipinski definition) is 1. The lowest BCUT2D eigenvalue weighted by Gasteiger charge is -2.22. The van der Waals surface area contributed by atoms with Gasteiger partial charge in [0.25, 0.3) is 0 Å². The number of hydrogen-bond acceptors (Lipinski definition) is 2. The Morgan fingerprint density at radius 2 is 2.11 bits per heavy atom. The van der Waals surface area contributed by atoms with Gasteiger partial charge in [0.05, 0.1) is 5.69 Å². The van der Waals surface area contributed by atoms with Crippen LogP contribution in [-0.2, 0) is 4.79 Å². The van der Waals surface area contributed by atoms with Gasteiger partial charge in [0.2, 0.25) is 5.91 Å². The lowest BCUT2D eigenvalue weighted by molar-refractivity contribution is -0.130. The molecular weight excluding hydrogens is 299 g/mol. The molecule has 1 aliphatic heterocycles. The standard InChI is InChI=1S/C13H16BrFN2O/c1-9(13(18)17-6-2-3-7-17)16-12-8-10(14)4-5-11(12)15/h4-5,8-9,16H,2-3,6-7H2,1H3. The smallest absolute Gasteiger partial charge is 0.244 e. The average molecular weight is 315 g/mol. The molecule has 5 heteroatoms. The van der Waals surface area contributed by atoms with Crippen molar-refractivity contribution < 1.29 is 9.18 Å². The molecule has 1 saturated heterocycles. The molecule has 2 rings (SSSR count). The minimum atomic E-state index is -0.410. The van der Waals surface area contributed by atoms with Gasteiger partial charge in [-0.2, -0.15) is 0 Å². The summed E-state index contributed by atoms with van der Waals surface area (Å²) in [6.45, 7) is 3.39. The van der Waals surface area contributed by atoms with Crippen LogP contribution in [0.4, 0.5) is 10.1 Å². The molecule has 0 aliphatic carbocycles. The van der Waals surface area contributed by atoms with Crippen LogP contribution in [0.15, 0.2) is 22.7 Å². The summed E-state index contributed by atoms with van der Waals surface area (Å²) in [5.74, 6) is -0.314. The predicted molar refractivity (Wildman–Crippen MR) is 73.0 cm³/mol. The molecule has 1 fully saturated rings. The van der Waals surface area contributed by atoms with Gasteiger partial charge in [-0.15, -0.1) is 0 Å². The van der Waals surface area contributed by atoms with Crippen molar-refractivity contribution in [1.82, 2.24) is 4.90 Å². The lowest BCUT2D eigenvalue weighted by atomic mass is 10.2. The third-order valence-electron chi connectivity index (χ3n) is 3.09. The number of anilines is 1. The molecule has 0 aromatic heterocycles. The van der Waals surface area contributed by atoms with E-state index in [1.807, 2.05) is 4.90 Å². The zero-order chi connectivity index (χ0) is 13.1. The Kier molecular flexibility index (Phi) is 4.22. The summed E-state index contributed by atoms with van der Waals surface area (Å²) in [6, 6.07) is 4.24. The van der Waals surface area contributed by atoms with Crippen LogP contribution in [0.25, 0.3) is 0 Å². The monoisotopic (exact) mass is 314 g/mol. The fourth-order valence-electron chi connectivity index (χ4n) is 2.11. The van der Waals surface area contributed by atoms with E-state index in [1.165, 1.54) is 6.07 Å². The van der Waals surface area contributed by atoms with Crippen LogP contribution in [-0.4, -0.2) is 29.9 Å². The van der Waals surface area contributed by atoms with Crippen molar-refractivity contribution in [3.8, 4) is 0 Å². The molecule has 1 heterocycles. The first-order chi connectivity index (χ1) is 8.58. The van der Waals surface area contributed by atoms with Crippen LogP contribution in [0.1, 0.15) is 19.8 Å². The number of nitrogens with zero attached hydrogens (tertiary/aromatic N) is 1. The predicted octanol–water partition coefficient (Wildman–Crippen LogP) is 3.01. The van der Waals surface area contributed by atoms with E-state index in [0.29, 0.717) is 5.69 Å². The number of nitrogens with one attached hydrogen (secondary N) is 1. The van der Waals surface area contributed by atoms with Crippen LogP contribution < -0.4 is 5.32 Å². The number of rotatable bonds is 3. The Hall–Kier alpha value is -1.10. The molecule has 1 N–H and O–H groups in total. The first-order valence-electron chi connectivity index (χ1n) is 6.08. The van der Waals surface area contributed by atoms with E-state index in [4.69, 9.17) is 0 Å². The maximum Gasteiger partial charge on any atom is 0.244 e. The van der Waals surface area contributed by atoms with E-state index >= 15 is 0 Å². The zero-order valence-corrected chi connectivity index (χ0v) is 11.8. The number of amides is 1. The summed E-state index contributed by atoms with van der Waals surface area (Å²) >= 11 is 3.29. The Morgan fingerprint density at radius 3 is 2.78 bits per heavy atom. The Morgan fingerprint density at radius 1 is 1.44 bits per heavy atom. The minimum Gasteiger partial charge on any atom is -0.371 e. The normalized spacial score (nSPS) is 16.7. The lowest BCUT2D eigenvalue weighted by Crippen LogP contribution is -2.39. The topological polar surface area (TPSA) is 32.3 Å². The number of carbonyl (C=O) groups excluding carboxylic acids is 1. The first kappa shape index (κ1) is 13.3. The summed E-state index contributed by atoms with van der Waals surface area (Å²) in [5.41, 5.74) is 0.351. The highest BCUT2D eigenvalue weighted by Gasteiger charge is 2.23. The van der Waals surface area contributed by atoms with Crippen molar-refractivity contribution in [2.75, 3.05) is 18.4 Å². The Labute approximate surface area is 114 Å². The van der Waals surface area contributed by atoms with Crippen LogP contribution in [0.5, 0.6) is 0 Å². The van der Waals surface area contributed by atoms with Gasteiger partial charge >= 0.3 is 0 Å². The second-order valence-corrected chi connectivity index (χ2v) is 5.44. The maximum atomic E-state index is 13.6. The molecule has 1 aliphatic rings. The van der Waals surface area contributed by atoms with Crippen LogP contribution in [0, 0.1) is 5.82 Å². The summed E-state index contributed by atoms with van der Waals surface area (Å²) < 4.78 is 14.3. The van der Waals surface area contributed by atoms with Crippen LogP contribution in [0.3, 0.4) is 0 Å². The van der Waals surface area contributed by atoms with Crippen LogP contribution in [0.2, 0.25) is 0 Å². The van der Waals surface area contributed by atoms with E-state index < -0.39 is 6.04 Å². The van der Waals surface area contributed by atoms with Gasteiger partial charge in [0.15, 0.2) is 0 Å². The quantitative estimate of drug-likeness (QED) is 0.930. The van der Waals surface area contributed by atoms with E-state index in [-0.39, 0.29) is 11.7 Å². The average Bonchev–Trinajstić information content (AvgIpc) is 2.86. The van der Waals surface area contributed by atoms with E-state index in [2.05, 4.69) is 21.2 Å². The number of carbonyl (C=O) groups is 1. The highest BCUT2D eigenvalue weighted by atomic mass is 79.9. The fourth-order valence-corrected chi connectivity index (χ4v) is 2.48. The van der Waals surface area contributed by atoms with E-state index in [9.17, 15) is 9.18 Å². The molecule has 1 aromatic rings. The number of benzene rings is 1. The summed E-state index contributed by atoms with van der Waals surface area (Å²) in [4.78, 5) is 13.9. The Bertz CT molecular complexity index is 447. The molecule has 0 radical (unpaired) electrons. The van der Waals surface area contributed by atoms with Crippen molar-refractivity contribution in [1.29, 1.82) is 0 Å². The van der Waals surface area contributed by atoms with Gasteiger partial charge in [0, 0.05) is 17.6 Å². The van der Waals surface area contributed by atoms with Crippen LogP contribution >= 0.6 is 15.9 Å². The van der Waals surface area contributed by atoms with Gasteiger partial charge in [-0.05, 0) is 38.0 Å². The summed E-state index contributed by atoms with van der Waals surface area (Å²) in [5, 5.41) is 2.93. The molecule has 0 saturated carbocycles. The molecule has 1 amide bonds. The molecule has 0 bridgehead atoms. The molecule has 1 aromatic carbocycles. The van der Waals surface area contributed by atoms with Crippen molar-refractivity contribution in [2.24, 2.45) is 0 Å². The van der Waals surface area contributed by atoms with Crippen molar-refractivity contribution in [3.63, 3.8) is 0 Å². The maximum absolute atomic E-state index is 13.6. The van der Waals surface area contributed by atoms with Gasteiger partial charge < -0.3 is 10.2 Å². The highest BCUT2D eigenvalue weighted by Crippen LogP contribution is 2.21. The van der Waals surface area contributed by atoms with Crippen molar-refractivity contribution in [2.45, 2.75) is 25.8 Å². The van der Waals surface area contributed by atoms with Gasteiger partial charge in [-0.25, -0.2) is 4.39 Å². The first-order valence-corrected chi connectivity index (χ1v) is 6.87. The molecule has 18 heavy (non-hydrogen) atoms. The largest absolute Gasteiger partial charge is 0.371 e. The summed E-state index contributed by atoms with van der Waals surface area (Å²) in [7, 11) is 0. The fraction of sp³-hybridized carbons (Fsp3) is 0.462. The third kappa shape index (κ3) is 3.02. The number of halogens is 2. The van der Waals surface area contributed by atoms with E-state index in [0.717, 1.165) is 30.4 Å². The number of likely N-dealkylation sites (tertiary alicyclic amines) is 1. The Balaban J connectivity index is 2.03. The summed E-state index contributed by atoms with van der Waals surface area (Å²) in [6.07, 6.45) is 2.12. The van der Waals surface area contributed by atoms with Crippen molar-refractivity contribution in [3.05, 3.63) is 28.5 Å². The SMILES string of the molecule is CC(Nc1cc(Br)ccc1F)C(=O)N1CCCC1. The molecule has 98 valence electrons. The molecular formula is C13H16BrFN2O. The highest BCUT2D eigenvalue weighted by molar-refractivity contribution is 9.10. The molecule has 1 unspecified atom stereocenters.